The van der Waals surface area contributed by atoms with Crippen LogP contribution in [0.5, 0.6) is 0 Å². The third kappa shape index (κ3) is 4.68. The van der Waals surface area contributed by atoms with Gasteiger partial charge in [0.1, 0.15) is 0 Å². The lowest BCUT2D eigenvalue weighted by Crippen LogP contribution is -2.44. The summed E-state index contributed by atoms with van der Waals surface area (Å²) in [4.78, 5) is 24.2. The molecule has 0 bridgehead atoms. The summed E-state index contributed by atoms with van der Waals surface area (Å²) in [6.07, 6.45) is -0.847. The van der Waals surface area contributed by atoms with Gasteiger partial charge in [-0.05, 0) is 6.42 Å². The van der Waals surface area contributed by atoms with E-state index >= 15 is 0 Å². The molecular formula is C10H19N3O4. The van der Waals surface area contributed by atoms with Gasteiger partial charge in [0.25, 0.3) is 0 Å². The van der Waals surface area contributed by atoms with E-state index in [0.29, 0.717) is 6.54 Å². The molecule has 1 saturated heterocycles. The molecule has 1 fully saturated rings. The minimum Gasteiger partial charge on any atom is -0.389 e. The van der Waals surface area contributed by atoms with E-state index < -0.39 is 24.1 Å². The summed E-state index contributed by atoms with van der Waals surface area (Å²) in [5, 5.41) is 23.2. The smallest absolute Gasteiger partial charge is 0.321 e. The number of aliphatic hydroxyl groups is 2. The molecule has 0 radical (unpaired) electrons. The number of likely N-dealkylation sites (tertiary alicyclic amines) is 1. The van der Waals surface area contributed by atoms with Crippen LogP contribution in [-0.4, -0.2) is 65.4 Å². The Hall–Kier alpha value is -1.18. The summed E-state index contributed by atoms with van der Waals surface area (Å²) in [7, 11) is 0. The normalized spacial score (nSPS) is 24.6. The number of rotatable bonds is 4. The van der Waals surface area contributed by atoms with Gasteiger partial charge in [-0.3, -0.25) is 15.0 Å². The van der Waals surface area contributed by atoms with Crippen LogP contribution in [0.15, 0.2) is 0 Å². The van der Waals surface area contributed by atoms with Crippen LogP contribution in [0.2, 0.25) is 0 Å². The average molecular weight is 245 g/mol. The first-order chi connectivity index (χ1) is 8.02. The van der Waals surface area contributed by atoms with Crippen molar-refractivity contribution in [2.75, 3.05) is 26.2 Å². The largest absolute Gasteiger partial charge is 0.389 e. The average Bonchev–Trinajstić information content (AvgIpc) is 2.54. The molecule has 0 aromatic heterocycles. The molecule has 0 saturated carbocycles. The Morgan fingerprint density at radius 1 is 1.29 bits per heavy atom. The standard InChI is InChI=1S/C10H19N3O4/c1-2-3-11-10(17)12-9(16)6-13-4-7(14)8(15)5-13/h7-8,14-15H,2-6H2,1H3,(H2,11,12,16,17). The molecular weight excluding hydrogens is 226 g/mol. The van der Waals surface area contributed by atoms with Crippen molar-refractivity contribution in [3.05, 3.63) is 0 Å². The number of aliphatic hydroxyl groups excluding tert-OH is 2. The SMILES string of the molecule is CCCNC(=O)NC(=O)CN1CC(O)C(O)C1. The minimum atomic E-state index is -0.822. The number of carbonyl (C=O) groups is 2. The maximum atomic E-state index is 11.4. The number of carbonyl (C=O) groups excluding carboxylic acids is 2. The zero-order valence-electron chi connectivity index (χ0n) is 9.85. The topological polar surface area (TPSA) is 102 Å². The lowest BCUT2D eigenvalue weighted by Gasteiger charge is -2.13. The molecule has 1 heterocycles. The predicted octanol–water partition coefficient (Wildman–Crippen LogP) is -1.74. The van der Waals surface area contributed by atoms with Crippen molar-refractivity contribution in [2.24, 2.45) is 0 Å². The van der Waals surface area contributed by atoms with Gasteiger partial charge < -0.3 is 15.5 Å². The van der Waals surface area contributed by atoms with Gasteiger partial charge in [-0.1, -0.05) is 6.92 Å². The molecule has 0 aromatic carbocycles. The number of urea groups is 1. The van der Waals surface area contributed by atoms with Crippen molar-refractivity contribution >= 4 is 11.9 Å². The van der Waals surface area contributed by atoms with Crippen LogP contribution >= 0.6 is 0 Å². The van der Waals surface area contributed by atoms with Gasteiger partial charge in [-0.2, -0.15) is 0 Å². The third-order valence-electron chi connectivity index (χ3n) is 2.49. The summed E-state index contributed by atoms with van der Waals surface area (Å²) in [5.74, 6) is -0.445. The Labute approximate surface area is 99.8 Å². The zero-order valence-corrected chi connectivity index (χ0v) is 9.85. The predicted molar refractivity (Wildman–Crippen MR) is 60.3 cm³/mol. The van der Waals surface area contributed by atoms with E-state index in [1.54, 1.807) is 4.90 Å². The first kappa shape index (κ1) is 13.9. The monoisotopic (exact) mass is 245 g/mol. The highest BCUT2D eigenvalue weighted by Gasteiger charge is 2.30. The highest BCUT2D eigenvalue weighted by atomic mass is 16.3. The van der Waals surface area contributed by atoms with Crippen LogP contribution in [0.1, 0.15) is 13.3 Å². The van der Waals surface area contributed by atoms with Crippen molar-refractivity contribution in [1.82, 2.24) is 15.5 Å². The maximum Gasteiger partial charge on any atom is 0.321 e. The highest BCUT2D eigenvalue weighted by Crippen LogP contribution is 2.08. The van der Waals surface area contributed by atoms with Crippen molar-refractivity contribution < 1.29 is 19.8 Å². The second-order valence-electron chi connectivity index (χ2n) is 4.13. The molecule has 1 aliphatic heterocycles. The van der Waals surface area contributed by atoms with Crippen LogP contribution in [0.25, 0.3) is 0 Å². The molecule has 17 heavy (non-hydrogen) atoms. The van der Waals surface area contributed by atoms with E-state index in [-0.39, 0.29) is 19.6 Å². The molecule has 0 aromatic rings. The van der Waals surface area contributed by atoms with Gasteiger partial charge in [0.2, 0.25) is 5.91 Å². The van der Waals surface area contributed by atoms with Gasteiger partial charge in [-0.15, -0.1) is 0 Å². The number of amides is 3. The molecule has 2 unspecified atom stereocenters. The first-order valence-electron chi connectivity index (χ1n) is 5.69. The summed E-state index contributed by atoms with van der Waals surface area (Å²) >= 11 is 0. The Morgan fingerprint density at radius 2 is 1.88 bits per heavy atom. The number of nitrogens with zero attached hydrogens (tertiary/aromatic N) is 1. The number of nitrogens with one attached hydrogen (secondary N) is 2. The van der Waals surface area contributed by atoms with E-state index in [2.05, 4.69) is 10.6 Å². The molecule has 98 valence electrons. The maximum absolute atomic E-state index is 11.4. The summed E-state index contributed by atoms with van der Waals surface area (Å²) < 4.78 is 0. The van der Waals surface area contributed by atoms with Crippen LogP contribution in [0, 0.1) is 0 Å². The lowest BCUT2D eigenvalue weighted by atomic mass is 10.3. The molecule has 7 nitrogen and oxygen atoms in total. The third-order valence-corrected chi connectivity index (χ3v) is 2.49. The van der Waals surface area contributed by atoms with Crippen molar-refractivity contribution in [2.45, 2.75) is 25.6 Å². The number of imide groups is 1. The quantitative estimate of drug-likeness (QED) is 0.471. The van der Waals surface area contributed by atoms with Crippen LogP contribution in [-0.2, 0) is 4.79 Å². The highest BCUT2D eigenvalue weighted by molar-refractivity contribution is 5.95. The second-order valence-corrected chi connectivity index (χ2v) is 4.13. The van der Waals surface area contributed by atoms with Crippen molar-refractivity contribution in [1.29, 1.82) is 0 Å². The first-order valence-corrected chi connectivity index (χ1v) is 5.69. The fraction of sp³-hybridized carbons (Fsp3) is 0.800. The number of hydrogen-bond acceptors (Lipinski definition) is 5. The number of β-amino-alcohol motifs (C(OH)–C–C–N with tert-alkyl or cyclic N) is 2. The van der Waals surface area contributed by atoms with Gasteiger partial charge in [0.05, 0.1) is 18.8 Å². The molecule has 0 aliphatic carbocycles. The Kier molecular flexibility index (Phi) is 5.33. The zero-order chi connectivity index (χ0) is 12.8. The summed E-state index contributed by atoms with van der Waals surface area (Å²) in [6.45, 7) is 2.90. The van der Waals surface area contributed by atoms with Crippen molar-refractivity contribution in [3.63, 3.8) is 0 Å². The van der Waals surface area contributed by atoms with E-state index in [9.17, 15) is 19.8 Å². The molecule has 3 amide bonds. The van der Waals surface area contributed by atoms with E-state index in [1.807, 2.05) is 6.92 Å². The van der Waals surface area contributed by atoms with E-state index in [0.717, 1.165) is 6.42 Å². The van der Waals surface area contributed by atoms with E-state index in [4.69, 9.17) is 0 Å². The van der Waals surface area contributed by atoms with Crippen molar-refractivity contribution in [3.8, 4) is 0 Å². The van der Waals surface area contributed by atoms with Crippen LogP contribution in [0.3, 0.4) is 0 Å². The molecule has 1 rings (SSSR count). The van der Waals surface area contributed by atoms with Crippen LogP contribution < -0.4 is 10.6 Å². The Bertz CT molecular complexity index is 275. The minimum absolute atomic E-state index is 0.00628. The second kappa shape index (κ2) is 6.53. The fourth-order valence-electron chi connectivity index (χ4n) is 1.63. The van der Waals surface area contributed by atoms with Crippen LogP contribution in [0.4, 0.5) is 4.79 Å². The molecule has 2 atom stereocenters. The number of hydrogen-bond donors (Lipinski definition) is 4. The lowest BCUT2D eigenvalue weighted by molar-refractivity contribution is -0.121. The van der Waals surface area contributed by atoms with Gasteiger partial charge >= 0.3 is 6.03 Å². The molecule has 1 aliphatic rings. The molecule has 0 spiro atoms. The molecule has 7 heteroatoms. The summed E-state index contributed by atoms with van der Waals surface area (Å²) in [5.41, 5.74) is 0. The van der Waals surface area contributed by atoms with Gasteiger partial charge in [-0.25, -0.2) is 4.79 Å². The van der Waals surface area contributed by atoms with Gasteiger partial charge in [0, 0.05) is 19.6 Å². The van der Waals surface area contributed by atoms with E-state index in [1.165, 1.54) is 0 Å². The Morgan fingerprint density at radius 3 is 2.41 bits per heavy atom. The summed E-state index contributed by atoms with van der Waals surface area (Å²) in [6, 6.07) is -0.517. The fourth-order valence-corrected chi connectivity index (χ4v) is 1.63. The Balaban J connectivity index is 2.23. The van der Waals surface area contributed by atoms with Gasteiger partial charge in [0.15, 0.2) is 0 Å². The molecule has 4 N–H and O–H groups in total.